The Hall–Kier alpha value is -2.50. The molecule has 3 N–H and O–H groups in total. The summed E-state index contributed by atoms with van der Waals surface area (Å²) in [5, 5.41) is 14.2. The zero-order chi connectivity index (χ0) is 15.1. The Bertz CT molecular complexity index is 542. The van der Waals surface area contributed by atoms with E-state index in [-0.39, 0.29) is 12.1 Å². The van der Waals surface area contributed by atoms with Gasteiger partial charge in [-0.15, -0.1) is 0 Å². The van der Waals surface area contributed by atoms with Crippen LogP contribution in [0.1, 0.15) is 19.3 Å². The van der Waals surface area contributed by atoms with Crippen molar-refractivity contribution in [2.75, 3.05) is 11.9 Å². The van der Waals surface area contributed by atoms with Gasteiger partial charge in [0.05, 0.1) is 0 Å². The van der Waals surface area contributed by atoms with Crippen molar-refractivity contribution in [1.82, 2.24) is 5.32 Å². The molecule has 1 unspecified atom stereocenters. The summed E-state index contributed by atoms with van der Waals surface area (Å²) in [7, 11) is 0. The minimum absolute atomic E-state index is 0.154. The van der Waals surface area contributed by atoms with Gasteiger partial charge in [0.15, 0.2) is 6.61 Å². The minimum Gasteiger partial charge on any atom is -0.482 e. The summed E-state index contributed by atoms with van der Waals surface area (Å²) in [6.45, 7) is -0.413. The highest BCUT2D eigenvalue weighted by atomic mass is 16.5. The van der Waals surface area contributed by atoms with Crippen molar-refractivity contribution in [2.45, 2.75) is 25.3 Å². The van der Waals surface area contributed by atoms with Gasteiger partial charge in [-0.1, -0.05) is 18.2 Å². The lowest BCUT2D eigenvalue weighted by Gasteiger charge is -2.19. The fourth-order valence-electron chi connectivity index (χ4n) is 2.09. The van der Waals surface area contributed by atoms with E-state index in [1.807, 2.05) is 0 Å². The van der Waals surface area contributed by atoms with Gasteiger partial charge in [-0.25, -0.2) is 9.59 Å². The molecule has 1 atom stereocenters. The van der Waals surface area contributed by atoms with Crippen molar-refractivity contribution in [2.24, 2.45) is 0 Å². The first-order chi connectivity index (χ1) is 10.1. The molecule has 1 aromatic carbocycles. The topological polar surface area (TPSA) is 87.7 Å². The van der Waals surface area contributed by atoms with Gasteiger partial charge in [-0.2, -0.15) is 0 Å². The Labute approximate surface area is 122 Å². The van der Waals surface area contributed by atoms with Gasteiger partial charge in [0, 0.05) is 17.8 Å². The Morgan fingerprint density at radius 3 is 2.90 bits per heavy atom. The largest absolute Gasteiger partial charge is 0.482 e. The normalized spacial score (nSPS) is 17.0. The van der Waals surface area contributed by atoms with Crippen LogP contribution in [0.5, 0.6) is 5.75 Å². The highest BCUT2D eigenvalue weighted by Crippen LogP contribution is 2.17. The van der Waals surface area contributed by atoms with Gasteiger partial charge >= 0.3 is 12.0 Å². The van der Waals surface area contributed by atoms with E-state index in [4.69, 9.17) is 9.84 Å². The first-order valence-corrected chi connectivity index (χ1v) is 6.80. The number of carboxylic acids is 1. The smallest absolute Gasteiger partial charge is 0.341 e. The van der Waals surface area contributed by atoms with Crippen molar-refractivity contribution in [1.29, 1.82) is 0 Å². The highest BCUT2D eigenvalue weighted by Gasteiger charge is 2.12. The lowest BCUT2D eigenvalue weighted by Crippen LogP contribution is -2.38. The first-order valence-electron chi connectivity index (χ1n) is 6.80. The van der Waals surface area contributed by atoms with Crippen LogP contribution in [-0.2, 0) is 4.79 Å². The van der Waals surface area contributed by atoms with Gasteiger partial charge < -0.3 is 20.5 Å². The van der Waals surface area contributed by atoms with E-state index in [0.29, 0.717) is 11.4 Å². The maximum atomic E-state index is 11.9. The Morgan fingerprint density at radius 2 is 2.19 bits per heavy atom. The molecule has 1 aliphatic rings. The number of allylic oxidation sites excluding steroid dienone is 1. The Kier molecular flexibility index (Phi) is 5.20. The fraction of sp³-hybridized carbons (Fsp3) is 0.333. The van der Waals surface area contributed by atoms with Crippen molar-refractivity contribution in [3.63, 3.8) is 0 Å². The lowest BCUT2D eigenvalue weighted by atomic mass is 10.0. The summed E-state index contributed by atoms with van der Waals surface area (Å²) in [6, 6.07) is 6.51. The molecular weight excluding hydrogens is 272 g/mol. The zero-order valence-electron chi connectivity index (χ0n) is 11.5. The van der Waals surface area contributed by atoms with E-state index in [1.165, 1.54) is 0 Å². The Balaban J connectivity index is 1.86. The first kappa shape index (κ1) is 14.9. The van der Waals surface area contributed by atoms with Gasteiger partial charge in [0.1, 0.15) is 5.75 Å². The number of benzene rings is 1. The van der Waals surface area contributed by atoms with Crippen molar-refractivity contribution < 1.29 is 19.4 Å². The van der Waals surface area contributed by atoms with Crippen LogP contribution >= 0.6 is 0 Å². The maximum absolute atomic E-state index is 11.9. The van der Waals surface area contributed by atoms with E-state index in [0.717, 1.165) is 19.3 Å². The summed E-state index contributed by atoms with van der Waals surface area (Å²) in [4.78, 5) is 22.3. The number of urea groups is 1. The number of carboxylic acid groups (broad SMARTS) is 1. The number of ether oxygens (including phenoxy) is 1. The number of carbonyl (C=O) groups excluding carboxylic acids is 1. The quantitative estimate of drug-likeness (QED) is 0.726. The number of hydrogen-bond acceptors (Lipinski definition) is 3. The summed E-state index contributed by atoms with van der Waals surface area (Å²) in [6.07, 6.45) is 6.93. The molecule has 0 aliphatic heterocycles. The standard InChI is InChI=1S/C15H18N2O4/c18-14(19)10-21-13-8-4-7-12(9-13)17-15(20)16-11-5-2-1-3-6-11/h1-2,4,7-9,11H,3,5-6,10H2,(H,18,19)(H2,16,17,20). The van der Waals surface area contributed by atoms with Crippen LogP contribution in [0, 0.1) is 0 Å². The Morgan fingerprint density at radius 1 is 1.33 bits per heavy atom. The molecule has 1 aliphatic carbocycles. The van der Waals surface area contributed by atoms with Crippen LogP contribution in [0.25, 0.3) is 0 Å². The number of hydrogen-bond donors (Lipinski definition) is 3. The number of rotatable bonds is 5. The molecule has 21 heavy (non-hydrogen) atoms. The fourth-order valence-corrected chi connectivity index (χ4v) is 2.09. The lowest BCUT2D eigenvalue weighted by molar-refractivity contribution is -0.139. The average Bonchev–Trinajstić information content (AvgIpc) is 2.46. The summed E-state index contributed by atoms with van der Waals surface area (Å²) < 4.78 is 5.06. The van der Waals surface area contributed by atoms with E-state index < -0.39 is 12.6 Å². The van der Waals surface area contributed by atoms with Gasteiger partial charge in [-0.05, 0) is 31.4 Å². The third kappa shape index (κ3) is 5.18. The summed E-state index contributed by atoms with van der Waals surface area (Å²) in [5.74, 6) is -0.646. The van der Waals surface area contributed by atoms with E-state index in [2.05, 4.69) is 22.8 Å². The zero-order valence-corrected chi connectivity index (χ0v) is 11.5. The molecule has 0 aromatic heterocycles. The van der Waals surface area contributed by atoms with E-state index in [1.54, 1.807) is 24.3 Å². The van der Waals surface area contributed by atoms with Crippen LogP contribution in [0.4, 0.5) is 10.5 Å². The maximum Gasteiger partial charge on any atom is 0.341 e. The van der Waals surface area contributed by atoms with Crippen LogP contribution < -0.4 is 15.4 Å². The molecule has 0 heterocycles. The van der Waals surface area contributed by atoms with Crippen LogP contribution in [-0.4, -0.2) is 29.8 Å². The molecule has 112 valence electrons. The van der Waals surface area contributed by atoms with E-state index in [9.17, 15) is 9.59 Å². The molecule has 2 amide bonds. The van der Waals surface area contributed by atoms with Crippen molar-refractivity contribution in [3.8, 4) is 5.75 Å². The molecule has 0 radical (unpaired) electrons. The summed E-state index contributed by atoms with van der Waals surface area (Å²) in [5.41, 5.74) is 0.557. The molecule has 6 nitrogen and oxygen atoms in total. The second-order valence-corrected chi connectivity index (χ2v) is 4.79. The van der Waals surface area contributed by atoms with Crippen LogP contribution in [0.3, 0.4) is 0 Å². The second-order valence-electron chi connectivity index (χ2n) is 4.79. The molecule has 0 bridgehead atoms. The van der Waals surface area contributed by atoms with E-state index >= 15 is 0 Å². The third-order valence-electron chi connectivity index (χ3n) is 3.06. The number of nitrogens with one attached hydrogen (secondary N) is 2. The SMILES string of the molecule is O=C(O)COc1cccc(NC(=O)NC2CC=CCC2)c1. The van der Waals surface area contributed by atoms with Crippen molar-refractivity contribution in [3.05, 3.63) is 36.4 Å². The molecule has 0 fully saturated rings. The van der Waals surface area contributed by atoms with Gasteiger partial charge in [0.2, 0.25) is 0 Å². The molecule has 0 saturated heterocycles. The molecule has 0 spiro atoms. The molecule has 6 heteroatoms. The van der Waals surface area contributed by atoms with Crippen LogP contribution in [0.15, 0.2) is 36.4 Å². The highest BCUT2D eigenvalue weighted by molar-refractivity contribution is 5.89. The number of amides is 2. The predicted molar refractivity (Wildman–Crippen MR) is 78.5 cm³/mol. The predicted octanol–water partition coefficient (Wildman–Crippen LogP) is 2.38. The monoisotopic (exact) mass is 290 g/mol. The summed E-state index contributed by atoms with van der Waals surface area (Å²) >= 11 is 0. The number of aliphatic carboxylic acids is 1. The van der Waals surface area contributed by atoms with Crippen LogP contribution in [0.2, 0.25) is 0 Å². The molecule has 2 rings (SSSR count). The molecule has 1 aromatic rings. The second kappa shape index (κ2) is 7.33. The third-order valence-corrected chi connectivity index (χ3v) is 3.06. The van der Waals surface area contributed by atoms with Crippen molar-refractivity contribution >= 4 is 17.7 Å². The molecular formula is C15H18N2O4. The number of carbonyl (C=O) groups is 2. The number of anilines is 1. The average molecular weight is 290 g/mol. The molecule has 0 saturated carbocycles. The van der Waals surface area contributed by atoms with Gasteiger partial charge in [0.25, 0.3) is 0 Å². The van der Waals surface area contributed by atoms with Gasteiger partial charge in [-0.3, -0.25) is 0 Å². The minimum atomic E-state index is -1.04.